The lowest BCUT2D eigenvalue weighted by atomic mass is 9.82. The molecule has 1 saturated heterocycles. The van der Waals surface area contributed by atoms with E-state index < -0.39 is 17.4 Å². The van der Waals surface area contributed by atoms with Crippen LogP contribution in [0.15, 0.2) is 66.9 Å². The van der Waals surface area contributed by atoms with E-state index in [-0.39, 0.29) is 18.4 Å². The molecule has 3 atom stereocenters. The van der Waals surface area contributed by atoms with Gasteiger partial charge in [-0.3, -0.25) is 19.2 Å². The van der Waals surface area contributed by atoms with E-state index in [1.54, 1.807) is 34.0 Å². The van der Waals surface area contributed by atoms with Crippen molar-refractivity contribution in [2.75, 3.05) is 29.9 Å². The molecule has 0 radical (unpaired) electrons. The Morgan fingerprint density at radius 3 is 2.85 bits per heavy atom. The van der Waals surface area contributed by atoms with Crippen molar-refractivity contribution in [2.24, 2.45) is 11.8 Å². The van der Waals surface area contributed by atoms with Gasteiger partial charge in [-0.1, -0.05) is 42.5 Å². The third kappa shape index (κ3) is 5.56. The molecule has 0 saturated carbocycles. The summed E-state index contributed by atoms with van der Waals surface area (Å²) in [6.45, 7) is 3.98. The summed E-state index contributed by atoms with van der Waals surface area (Å²) in [5, 5.41) is 35.5. The first-order valence-electron chi connectivity index (χ1n) is 13.9. The Bertz CT molecular complexity index is 1370. The molecule has 1 aromatic heterocycles. The highest BCUT2D eigenvalue weighted by Crippen LogP contribution is 2.49. The van der Waals surface area contributed by atoms with Gasteiger partial charge in [0.15, 0.2) is 5.60 Å². The highest BCUT2D eigenvalue weighted by atomic mass is 16.3. The summed E-state index contributed by atoms with van der Waals surface area (Å²) in [6, 6.07) is 14.6. The topological polar surface area (TPSA) is 133 Å². The SMILES string of the molecule is C[C@H](/C=C/CCn1cc(CCO)nn1)[C@@]1(O)C(=O)N(c2ccccc2)c2ccc(NC(=O)C3CCCNC3)cc21. The van der Waals surface area contributed by atoms with Gasteiger partial charge in [0.2, 0.25) is 5.91 Å². The molecule has 2 aromatic carbocycles. The lowest BCUT2D eigenvalue weighted by Gasteiger charge is -2.28. The number of para-hydroxylation sites is 1. The van der Waals surface area contributed by atoms with Gasteiger partial charge < -0.3 is 20.8 Å². The van der Waals surface area contributed by atoms with Crippen LogP contribution in [0.25, 0.3) is 0 Å². The molecule has 10 nitrogen and oxygen atoms in total. The molecule has 4 N–H and O–H groups in total. The Hall–Kier alpha value is -3.86. The maximum absolute atomic E-state index is 13.9. The van der Waals surface area contributed by atoms with Crippen LogP contribution in [-0.4, -0.2) is 56.7 Å². The third-order valence-corrected chi connectivity index (χ3v) is 7.69. The average Bonchev–Trinajstić information content (AvgIpc) is 3.52. The molecule has 1 unspecified atom stereocenters. The number of benzene rings is 2. The van der Waals surface area contributed by atoms with Gasteiger partial charge >= 0.3 is 0 Å². The Kier molecular flexibility index (Phi) is 8.39. The summed E-state index contributed by atoms with van der Waals surface area (Å²) >= 11 is 0. The number of aliphatic hydroxyl groups is 2. The first-order chi connectivity index (χ1) is 19.4. The van der Waals surface area contributed by atoms with Crippen LogP contribution in [0.4, 0.5) is 17.1 Å². The summed E-state index contributed by atoms with van der Waals surface area (Å²) in [5.74, 6) is -1.17. The lowest BCUT2D eigenvalue weighted by Crippen LogP contribution is -2.42. The number of carbonyl (C=O) groups is 2. The number of nitrogens with zero attached hydrogens (tertiary/aromatic N) is 4. The van der Waals surface area contributed by atoms with Crippen LogP contribution in [0.5, 0.6) is 0 Å². The summed E-state index contributed by atoms with van der Waals surface area (Å²) < 4.78 is 1.71. The van der Waals surface area contributed by atoms with Crippen LogP contribution in [0.2, 0.25) is 0 Å². The van der Waals surface area contributed by atoms with E-state index in [2.05, 4.69) is 20.9 Å². The predicted molar refractivity (Wildman–Crippen MR) is 152 cm³/mol. The van der Waals surface area contributed by atoms with Gasteiger partial charge in [-0.2, -0.15) is 0 Å². The Balaban J connectivity index is 1.39. The largest absolute Gasteiger partial charge is 0.396 e. The van der Waals surface area contributed by atoms with Crippen molar-refractivity contribution in [3.63, 3.8) is 0 Å². The monoisotopic (exact) mass is 544 g/mol. The van der Waals surface area contributed by atoms with E-state index >= 15 is 0 Å². The smallest absolute Gasteiger partial charge is 0.268 e. The number of anilines is 3. The van der Waals surface area contributed by atoms with Gasteiger partial charge in [0.05, 0.1) is 17.3 Å². The van der Waals surface area contributed by atoms with Crippen LogP contribution < -0.4 is 15.5 Å². The molecule has 2 amide bonds. The van der Waals surface area contributed by atoms with Gasteiger partial charge in [0, 0.05) is 55.2 Å². The molecule has 40 heavy (non-hydrogen) atoms. The molecule has 10 heteroatoms. The number of fused-ring (bicyclic) bond motifs is 1. The van der Waals surface area contributed by atoms with Crippen LogP contribution in [0.1, 0.15) is 37.4 Å². The molecular weight excluding hydrogens is 508 g/mol. The normalized spacial score (nSPS) is 21.5. The number of hydrogen-bond donors (Lipinski definition) is 4. The van der Waals surface area contributed by atoms with Crippen LogP contribution >= 0.6 is 0 Å². The van der Waals surface area contributed by atoms with Crippen molar-refractivity contribution in [1.29, 1.82) is 0 Å². The highest BCUT2D eigenvalue weighted by Gasteiger charge is 2.53. The zero-order valence-electron chi connectivity index (χ0n) is 22.7. The first kappa shape index (κ1) is 27.7. The zero-order valence-corrected chi connectivity index (χ0v) is 22.7. The molecule has 3 aromatic rings. The Labute approximate surface area is 233 Å². The average molecular weight is 545 g/mol. The number of hydrogen-bond acceptors (Lipinski definition) is 7. The van der Waals surface area contributed by atoms with Gasteiger partial charge in [0.1, 0.15) is 0 Å². The minimum atomic E-state index is -1.82. The Morgan fingerprint density at radius 2 is 2.10 bits per heavy atom. The fourth-order valence-electron chi connectivity index (χ4n) is 5.43. The minimum Gasteiger partial charge on any atom is -0.396 e. The van der Waals surface area contributed by atoms with Crippen molar-refractivity contribution < 1.29 is 19.8 Å². The van der Waals surface area contributed by atoms with E-state index in [0.717, 1.165) is 25.1 Å². The molecule has 210 valence electrons. The molecule has 0 bridgehead atoms. The number of aryl methyl sites for hydroxylation is 1. The van der Waals surface area contributed by atoms with Crippen molar-refractivity contribution in [3.05, 3.63) is 78.1 Å². The summed E-state index contributed by atoms with van der Waals surface area (Å²) in [6.07, 6.45) is 8.43. The summed E-state index contributed by atoms with van der Waals surface area (Å²) in [7, 11) is 0. The molecule has 1 fully saturated rings. The maximum Gasteiger partial charge on any atom is 0.268 e. The van der Waals surface area contributed by atoms with Crippen molar-refractivity contribution in [2.45, 2.75) is 44.8 Å². The van der Waals surface area contributed by atoms with Crippen LogP contribution in [-0.2, 0) is 28.2 Å². The molecule has 0 spiro atoms. The fraction of sp³-hybridized carbons (Fsp3) is 0.400. The van der Waals surface area contributed by atoms with E-state index in [0.29, 0.717) is 48.6 Å². The van der Waals surface area contributed by atoms with Gasteiger partial charge in [-0.25, -0.2) is 0 Å². The molecule has 0 aliphatic carbocycles. The summed E-state index contributed by atoms with van der Waals surface area (Å²) in [5.41, 5.74) is 1.17. The number of allylic oxidation sites excluding steroid dienone is 1. The first-order valence-corrected chi connectivity index (χ1v) is 13.9. The standard InChI is InChI=1S/C30H36N6O4/c1-21(8-5-6-16-35-20-24(14-17-37)33-34-35)30(40)26-18-23(32-28(38)22-9-7-15-31-19-22)12-13-27(26)36(29(30)39)25-10-3-2-4-11-25/h2-5,8,10-13,18,20-22,31,37,40H,6-7,9,14-17,19H2,1H3,(H,32,38)/b8-5+/t21-,22?,30+/m1/s1. The molecular formula is C30H36N6O4. The minimum absolute atomic E-state index is 0.0212. The van der Waals surface area contributed by atoms with E-state index in [1.165, 1.54) is 0 Å². The number of carbonyl (C=O) groups excluding carboxylic acids is 2. The maximum atomic E-state index is 13.9. The second kappa shape index (κ2) is 12.1. The lowest BCUT2D eigenvalue weighted by molar-refractivity contribution is -0.138. The molecule has 2 aliphatic rings. The quantitative estimate of drug-likeness (QED) is 0.289. The fourth-order valence-corrected chi connectivity index (χ4v) is 5.43. The predicted octanol–water partition coefficient (Wildman–Crippen LogP) is 2.90. The Morgan fingerprint density at radius 1 is 1.27 bits per heavy atom. The molecule has 3 heterocycles. The van der Waals surface area contributed by atoms with Crippen LogP contribution in [0, 0.1) is 11.8 Å². The number of rotatable bonds is 10. The number of amides is 2. The zero-order chi connectivity index (χ0) is 28.1. The number of piperidine rings is 1. The van der Waals surface area contributed by atoms with Gasteiger partial charge in [-0.05, 0) is 56.1 Å². The third-order valence-electron chi connectivity index (χ3n) is 7.69. The van der Waals surface area contributed by atoms with Crippen LogP contribution in [0.3, 0.4) is 0 Å². The van der Waals surface area contributed by atoms with E-state index in [4.69, 9.17) is 5.11 Å². The second-order valence-corrected chi connectivity index (χ2v) is 10.5. The van der Waals surface area contributed by atoms with Gasteiger partial charge in [-0.15, -0.1) is 5.10 Å². The molecule has 5 rings (SSSR count). The number of nitrogens with one attached hydrogen (secondary N) is 2. The molecule has 2 aliphatic heterocycles. The van der Waals surface area contributed by atoms with Gasteiger partial charge in [0.25, 0.3) is 5.91 Å². The number of aromatic nitrogens is 3. The second-order valence-electron chi connectivity index (χ2n) is 10.5. The van der Waals surface area contributed by atoms with Crippen molar-refractivity contribution in [3.8, 4) is 0 Å². The highest BCUT2D eigenvalue weighted by molar-refractivity contribution is 6.12. The summed E-state index contributed by atoms with van der Waals surface area (Å²) in [4.78, 5) is 28.4. The van der Waals surface area contributed by atoms with Crippen molar-refractivity contribution in [1.82, 2.24) is 20.3 Å². The van der Waals surface area contributed by atoms with E-state index in [9.17, 15) is 14.7 Å². The van der Waals surface area contributed by atoms with Crippen molar-refractivity contribution >= 4 is 28.9 Å². The van der Waals surface area contributed by atoms with E-state index in [1.807, 2.05) is 49.4 Å². The number of aliphatic hydroxyl groups excluding tert-OH is 1.